The fourth-order valence-electron chi connectivity index (χ4n) is 2.06. The van der Waals surface area contributed by atoms with Gasteiger partial charge in [-0.2, -0.15) is 0 Å². The minimum Gasteiger partial charge on any atom is -0.476 e. The van der Waals surface area contributed by atoms with E-state index in [1.54, 1.807) is 0 Å². The maximum atomic E-state index is 10.8. The highest BCUT2D eigenvalue weighted by Gasteiger charge is 2.31. The third-order valence-corrected chi connectivity index (χ3v) is 2.91. The number of hydrogen-bond acceptors (Lipinski definition) is 4. The minimum absolute atomic E-state index is 0.0415. The van der Waals surface area contributed by atoms with Crippen LogP contribution in [0.1, 0.15) is 36.0 Å². The van der Waals surface area contributed by atoms with E-state index in [1.807, 2.05) is 6.92 Å². The Bertz CT molecular complexity index is 368. The zero-order valence-electron chi connectivity index (χ0n) is 9.18. The van der Waals surface area contributed by atoms with Crippen molar-refractivity contribution in [1.82, 2.24) is 4.98 Å². The number of nitrogens with zero attached hydrogens (tertiary/aromatic N) is 1. The number of rotatable bonds is 5. The molecular weight excluding hydrogens is 210 g/mol. The van der Waals surface area contributed by atoms with Crippen molar-refractivity contribution < 1.29 is 19.1 Å². The van der Waals surface area contributed by atoms with E-state index in [4.69, 9.17) is 14.3 Å². The molecule has 1 saturated carbocycles. The van der Waals surface area contributed by atoms with Crippen molar-refractivity contribution in [3.63, 3.8) is 0 Å². The molecular formula is C11H15NO4. The Balaban J connectivity index is 1.87. The van der Waals surface area contributed by atoms with E-state index in [-0.39, 0.29) is 5.69 Å². The summed E-state index contributed by atoms with van der Waals surface area (Å²) >= 11 is 0. The predicted molar refractivity (Wildman–Crippen MR) is 55.3 cm³/mol. The molecule has 2 rings (SSSR count). The number of carboxylic acids is 1. The SMILES string of the molecule is CCOC1CC(Cc2ocnc2C(=O)O)C1. The van der Waals surface area contributed by atoms with Crippen LogP contribution in [0.4, 0.5) is 0 Å². The first kappa shape index (κ1) is 11.1. The van der Waals surface area contributed by atoms with Gasteiger partial charge in [0, 0.05) is 13.0 Å². The van der Waals surface area contributed by atoms with Crippen molar-refractivity contribution in [2.24, 2.45) is 5.92 Å². The molecule has 0 radical (unpaired) electrons. The molecule has 1 fully saturated rings. The van der Waals surface area contributed by atoms with Gasteiger partial charge in [0.15, 0.2) is 12.1 Å². The van der Waals surface area contributed by atoms with Gasteiger partial charge in [0.25, 0.3) is 0 Å². The molecule has 0 saturated heterocycles. The molecule has 1 aromatic heterocycles. The summed E-state index contributed by atoms with van der Waals surface area (Å²) in [4.78, 5) is 14.5. The second-order valence-corrected chi connectivity index (χ2v) is 4.05. The molecule has 0 spiro atoms. The first-order chi connectivity index (χ1) is 7.70. The van der Waals surface area contributed by atoms with Crippen LogP contribution in [0.5, 0.6) is 0 Å². The summed E-state index contributed by atoms with van der Waals surface area (Å²) in [6, 6.07) is 0. The summed E-state index contributed by atoms with van der Waals surface area (Å²) in [6.45, 7) is 2.71. The zero-order chi connectivity index (χ0) is 11.5. The fraction of sp³-hybridized carbons (Fsp3) is 0.636. The average Bonchev–Trinajstić information content (AvgIpc) is 2.62. The van der Waals surface area contributed by atoms with Gasteiger partial charge in [0.1, 0.15) is 5.76 Å². The van der Waals surface area contributed by atoms with Crippen LogP contribution in [-0.2, 0) is 11.2 Å². The fourth-order valence-corrected chi connectivity index (χ4v) is 2.06. The van der Waals surface area contributed by atoms with E-state index in [9.17, 15) is 4.79 Å². The van der Waals surface area contributed by atoms with Crippen molar-refractivity contribution >= 4 is 5.97 Å². The van der Waals surface area contributed by atoms with Crippen LogP contribution in [0.3, 0.4) is 0 Å². The molecule has 0 atom stereocenters. The Morgan fingerprint density at radius 2 is 2.44 bits per heavy atom. The highest BCUT2D eigenvalue weighted by molar-refractivity contribution is 5.86. The smallest absolute Gasteiger partial charge is 0.358 e. The summed E-state index contributed by atoms with van der Waals surface area (Å²) in [5, 5.41) is 8.85. The Labute approximate surface area is 93.4 Å². The second kappa shape index (κ2) is 4.65. The number of aromatic nitrogens is 1. The number of carboxylic acid groups (broad SMARTS) is 1. The van der Waals surface area contributed by atoms with E-state index in [1.165, 1.54) is 6.39 Å². The topological polar surface area (TPSA) is 72.6 Å². The Kier molecular flexibility index (Phi) is 3.24. The largest absolute Gasteiger partial charge is 0.476 e. The number of carbonyl (C=O) groups is 1. The predicted octanol–water partition coefficient (Wildman–Crippen LogP) is 1.73. The van der Waals surface area contributed by atoms with Crippen molar-refractivity contribution in [2.75, 3.05) is 6.61 Å². The molecule has 16 heavy (non-hydrogen) atoms. The van der Waals surface area contributed by atoms with Crippen LogP contribution in [-0.4, -0.2) is 28.8 Å². The lowest BCUT2D eigenvalue weighted by molar-refractivity contribution is -0.0252. The van der Waals surface area contributed by atoms with Crippen LogP contribution in [0.2, 0.25) is 0 Å². The van der Waals surface area contributed by atoms with Crippen molar-refractivity contribution in [3.05, 3.63) is 17.8 Å². The van der Waals surface area contributed by atoms with Crippen molar-refractivity contribution in [3.8, 4) is 0 Å². The molecule has 0 amide bonds. The van der Waals surface area contributed by atoms with Crippen LogP contribution in [0.25, 0.3) is 0 Å². The molecule has 1 aromatic rings. The van der Waals surface area contributed by atoms with Gasteiger partial charge >= 0.3 is 5.97 Å². The average molecular weight is 225 g/mol. The normalized spacial score (nSPS) is 24.1. The first-order valence-corrected chi connectivity index (χ1v) is 5.48. The molecule has 0 unspecified atom stereocenters. The monoisotopic (exact) mass is 225 g/mol. The maximum Gasteiger partial charge on any atom is 0.358 e. The summed E-state index contributed by atoms with van der Waals surface area (Å²) in [7, 11) is 0. The second-order valence-electron chi connectivity index (χ2n) is 4.05. The quantitative estimate of drug-likeness (QED) is 0.826. The standard InChI is InChI=1S/C11H15NO4/c1-2-15-8-3-7(4-8)5-9-10(11(13)14)12-6-16-9/h6-8H,2-5H2,1H3,(H,13,14). The third-order valence-electron chi connectivity index (χ3n) is 2.91. The first-order valence-electron chi connectivity index (χ1n) is 5.48. The molecule has 1 aliphatic carbocycles. The number of ether oxygens (including phenoxy) is 1. The van der Waals surface area contributed by atoms with Crippen LogP contribution >= 0.6 is 0 Å². The molecule has 0 aromatic carbocycles. The number of aromatic carboxylic acids is 1. The van der Waals surface area contributed by atoms with Crippen LogP contribution < -0.4 is 0 Å². The molecule has 1 aliphatic rings. The highest BCUT2D eigenvalue weighted by Crippen LogP contribution is 2.33. The van der Waals surface area contributed by atoms with Crippen molar-refractivity contribution in [2.45, 2.75) is 32.3 Å². The van der Waals surface area contributed by atoms with Gasteiger partial charge in [-0.1, -0.05) is 0 Å². The lowest BCUT2D eigenvalue weighted by Gasteiger charge is -2.34. The molecule has 5 heteroatoms. The molecule has 0 aliphatic heterocycles. The lowest BCUT2D eigenvalue weighted by atomic mass is 9.79. The number of hydrogen-bond donors (Lipinski definition) is 1. The van der Waals surface area contributed by atoms with Gasteiger partial charge in [-0.15, -0.1) is 0 Å². The van der Waals surface area contributed by atoms with Gasteiger partial charge in [0.2, 0.25) is 0 Å². The van der Waals surface area contributed by atoms with Crippen molar-refractivity contribution in [1.29, 1.82) is 0 Å². The van der Waals surface area contributed by atoms with E-state index >= 15 is 0 Å². The number of oxazole rings is 1. The highest BCUT2D eigenvalue weighted by atomic mass is 16.5. The summed E-state index contributed by atoms with van der Waals surface area (Å²) in [6.07, 6.45) is 4.13. The van der Waals surface area contributed by atoms with Crippen LogP contribution in [0, 0.1) is 5.92 Å². The summed E-state index contributed by atoms with van der Waals surface area (Å²) in [5.41, 5.74) is 0.0415. The molecule has 1 heterocycles. The Hall–Kier alpha value is -1.36. The lowest BCUT2D eigenvalue weighted by Crippen LogP contribution is -2.32. The van der Waals surface area contributed by atoms with Gasteiger partial charge in [-0.25, -0.2) is 9.78 Å². The van der Waals surface area contributed by atoms with Crippen LogP contribution in [0.15, 0.2) is 10.8 Å². The van der Waals surface area contributed by atoms with E-state index in [0.717, 1.165) is 19.4 Å². The zero-order valence-corrected chi connectivity index (χ0v) is 9.18. The maximum absolute atomic E-state index is 10.8. The molecule has 0 bridgehead atoms. The minimum atomic E-state index is -1.02. The van der Waals surface area contributed by atoms with E-state index in [0.29, 0.717) is 24.2 Å². The molecule has 5 nitrogen and oxygen atoms in total. The van der Waals surface area contributed by atoms with Gasteiger partial charge in [0.05, 0.1) is 6.10 Å². The van der Waals surface area contributed by atoms with E-state index in [2.05, 4.69) is 4.98 Å². The molecule has 1 N–H and O–H groups in total. The van der Waals surface area contributed by atoms with Gasteiger partial charge in [-0.3, -0.25) is 0 Å². The summed E-state index contributed by atoms with van der Waals surface area (Å²) < 4.78 is 10.5. The molecule has 88 valence electrons. The Morgan fingerprint density at radius 3 is 3.06 bits per heavy atom. The van der Waals surface area contributed by atoms with Gasteiger partial charge in [-0.05, 0) is 25.7 Å². The summed E-state index contributed by atoms with van der Waals surface area (Å²) in [5.74, 6) is -0.0838. The third kappa shape index (κ3) is 2.24. The Morgan fingerprint density at radius 1 is 1.69 bits per heavy atom. The van der Waals surface area contributed by atoms with E-state index < -0.39 is 5.97 Å². The van der Waals surface area contributed by atoms with Gasteiger partial charge < -0.3 is 14.3 Å².